The van der Waals surface area contributed by atoms with Crippen LogP contribution in [0.1, 0.15) is 58.2 Å². The van der Waals surface area contributed by atoms with Crippen molar-refractivity contribution in [3.05, 3.63) is 150 Å². The standard InChI is InChI=1S/C47H43BN2S/c1-30-27-38-43-41(28-30)50(33-13-9-8-10-14-33)40-26-25-36(29-39(40)48(43)44-37-15-11-12-16-42(37)51-45(38)44)49(34-21-17-31(18-22-34)46(2,3)4)35-23-19-32(20-24-35)47(5,6)7/h8-29H,1-7H3. The fraction of sp³-hybridized carbons (Fsp3) is 0.191. The monoisotopic (exact) mass is 678 g/mol. The summed E-state index contributed by atoms with van der Waals surface area (Å²) in [6, 6.07) is 50.3. The van der Waals surface area contributed by atoms with Gasteiger partial charge in [-0.05, 0) is 129 Å². The first kappa shape index (κ1) is 31.9. The number of thiophene rings is 1. The highest BCUT2D eigenvalue weighted by Gasteiger charge is 2.45. The van der Waals surface area contributed by atoms with E-state index in [0.29, 0.717) is 0 Å². The van der Waals surface area contributed by atoms with Crippen molar-refractivity contribution in [2.45, 2.75) is 59.3 Å². The molecule has 2 nitrogen and oxygen atoms in total. The van der Waals surface area contributed by atoms with Gasteiger partial charge in [0.05, 0.1) is 0 Å². The molecule has 0 radical (unpaired) electrons. The van der Waals surface area contributed by atoms with Crippen LogP contribution in [0, 0.1) is 6.92 Å². The van der Waals surface area contributed by atoms with Gasteiger partial charge >= 0.3 is 0 Å². The molecule has 4 heteroatoms. The number of nitrogens with zero attached hydrogens (tertiary/aromatic N) is 2. The molecular formula is C47H43BN2S. The molecule has 9 rings (SSSR count). The van der Waals surface area contributed by atoms with E-state index in [2.05, 4.69) is 192 Å². The molecule has 51 heavy (non-hydrogen) atoms. The predicted molar refractivity (Wildman–Crippen MR) is 223 cm³/mol. The van der Waals surface area contributed by atoms with Crippen molar-refractivity contribution in [3.63, 3.8) is 0 Å². The smallest absolute Gasteiger partial charge is 0.250 e. The van der Waals surface area contributed by atoms with Gasteiger partial charge in [0, 0.05) is 43.7 Å². The van der Waals surface area contributed by atoms with Crippen LogP contribution in [0.15, 0.2) is 133 Å². The molecule has 6 aromatic carbocycles. The van der Waals surface area contributed by atoms with Crippen molar-refractivity contribution in [2.24, 2.45) is 0 Å². The zero-order chi connectivity index (χ0) is 35.2. The summed E-state index contributed by atoms with van der Waals surface area (Å²) in [6.07, 6.45) is 0. The Hall–Kier alpha value is -5.06. The number of aryl methyl sites for hydroxylation is 1. The molecule has 3 heterocycles. The van der Waals surface area contributed by atoms with Crippen molar-refractivity contribution in [1.82, 2.24) is 0 Å². The Morgan fingerprint density at radius 2 is 1.16 bits per heavy atom. The van der Waals surface area contributed by atoms with E-state index in [1.807, 2.05) is 11.3 Å². The van der Waals surface area contributed by atoms with Crippen molar-refractivity contribution in [1.29, 1.82) is 0 Å². The highest BCUT2D eigenvalue weighted by molar-refractivity contribution is 7.27. The maximum atomic E-state index is 2.50. The van der Waals surface area contributed by atoms with Crippen LogP contribution in [-0.4, -0.2) is 6.71 Å². The van der Waals surface area contributed by atoms with E-state index in [9.17, 15) is 0 Å². The summed E-state index contributed by atoms with van der Waals surface area (Å²) in [5.41, 5.74) is 16.9. The van der Waals surface area contributed by atoms with Crippen LogP contribution in [0.3, 0.4) is 0 Å². The summed E-state index contributed by atoms with van der Waals surface area (Å²) in [6.45, 7) is 16.1. The Kier molecular flexibility index (Phi) is 7.18. The van der Waals surface area contributed by atoms with Crippen LogP contribution in [0.4, 0.5) is 34.1 Å². The first-order chi connectivity index (χ1) is 24.5. The van der Waals surface area contributed by atoms with Gasteiger partial charge in [-0.2, -0.15) is 0 Å². The molecular weight excluding hydrogens is 635 g/mol. The molecule has 0 unspecified atom stereocenters. The largest absolute Gasteiger partial charge is 0.311 e. The van der Waals surface area contributed by atoms with Crippen LogP contribution in [-0.2, 0) is 10.8 Å². The Bertz CT molecular complexity index is 2390. The van der Waals surface area contributed by atoms with Crippen molar-refractivity contribution >= 4 is 78.6 Å². The molecule has 250 valence electrons. The van der Waals surface area contributed by atoms with E-state index in [1.54, 1.807) is 0 Å². The molecule has 0 amide bonds. The third-order valence-electron chi connectivity index (χ3n) is 10.8. The lowest BCUT2D eigenvalue weighted by Gasteiger charge is -2.37. The van der Waals surface area contributed by atoms with Gasteiger partial charge in [0.1, 0.15) is 0 Å². The highest BCUT2D eigenvalue weighted by Crippen LogP contribution is 2.46. The Morgan fingerprint density at radius 3 is 1.78 bits per heavy atom. The fourth-order valence-electron chi connectivity index (χ4n) is 8.23. The average Bonchev–Trinajstić information content (AvgIpc) is 3.64. The van der Waals surface area contributed by atoms with Gasteiger partial charge in [-0.3, -0.25) is 0 Å². The zero-order valence-corrected chi connectivity index (χ0v) is 31.4. The number of para-hydroxylation sites is 1. The van der Waals surface area contributed by atoms with E-state index in [-0.39, 0.29) is 17.5 Å². The van der Waals surface area contributed by atoms with E-state index in [0.717, 1.165) is 11.4 Å². The highest BCUT2D eigenvalue weighted by atomic mass is 32.1. The van der Waals surface area contributed by atoms with Crippen LogP contribution in [0.5, 0.6) is 0 Å². The number of anilines is 6. The van der Waals surface area contributed by atoms with E-state index < -0.39 is 0 Å². The molecule has 2 aliphatic rings. The Balaban J connectivity index is 1.30. The first-order valence-corrected chi connectivity index (χ1v) is 19.0. The van der Waals surface area contributed by atoms with Gasteiger partial charge in [0.15, 0.2) is 0 Å². The third kappa shape index (κ3) is 5.14. The van der Waals surface area contributed by atoms with Crippen LogP contribution in [0.2, 0.25) is 0 Å². The molecule has 0 spiro atoms. The van der Waals surface area contributed by atoms with Gasteiger partial charge in [0.25, 0.3) is 0 Å². The molecule has 2 aliphatic heterocycles. The third-order valence-corrected chi connectivity index (χ3v) is 12.0. The van der Waals surface area contributed by atoms with E-state index in [4.69, 9.17) is 0 Å². The number of benzene rings is 6. The topological polar surface area (TPSA) is 6.48 Å². The van der Waals surface area contributed by atoms with E-state index >= 15 is 0 Å². The second-order valence-corrected chi connectivity index (χ2v) is 17.4. The van der Waals surface area contributed by atoms with Gasteiger partial charge in [-0.25, -0.2) is 0 Å². The maximum Gasteiger partial charge on any atom is 0.250 e. The number of hydrogen-bond donors (Lipinski definition) is 0. The fourth-order valence-corrected chi connectivity index (χ4v) is 9.50. The van der Waals surface area contributed by atoms with Crippen LogP contribution < -0.4 is 26.2 Å². The lowest BCUT2D eigenvalue weighted by molar-refractivity contribution is 0.590. The zero-order valence-electron chi connectivity index (χ0n) is 30.6. The molecule has 0 fully saturated rings. The lowest BCUT2D eigenvalue weighted by Crippen LogP contribution is -2.54. The van der Waals surface area contributed by atoms with E-state index in [1.165, 1.54) is 76.4 Å². The van der Waals surface area contributed by atoms with Gasteiger partial charge in [-0.1, -0.05) is 108 Å². The minimum absolute atomic E-state index is 0.0807. The number of fused-ring (bicyclic) bond motifs is 7. The second-order valence-electron chi connectivity index (χ2n) is 16.4. The second kappa shape index (κ2) is 11.5. The van der Waals surface area contributed by atoms with Crippen molar-refractivity contribution < 1.29 is 0 Å². The molecule has 0 saturated heterocycles. The van der Waals surface area contributed by atoms with Gasteiger partial charge in [0.2, 0.25) is 6.71 Å². The Labute approximate surface area is 307 Å². The summed E-state index contributed by atoms with van der Waals surface area (Å²) in [5.74, 6) is 0. The maximum absolute atomic E-state index is 2.50. The van der Waals surface area contributed by atoms with Crippen molar-refractivity contribution in [3.8, 4) is 10.4 Å². The summed E-state index contributed by atoms with van der Waals surface area (Å²) in [7, 11) is 0. The van der Waals surface area contributed by atoms with Crippen LogP contribution >= 0.6 is 11.3 Å². The average molecular weight is 679 g/mol. The predicted octanol–water partition coefficient (Wildman–Crippen LogP) is 11.6. The van der Waals surface area contributed by atoms with Gasteiger partial charge in [-0.15, -0.1) is 11.3 Å². The summed E-state index contributed by atoms with van der Waals surface area (Å²) in [4.78, 5) is 6.36. The minimum atomic E-state index is 0.0807. The normalized spacial score (nSPS) is 13.3. The lowest BCUT2D eigenvalue weighted by atomic mass is 9.37. The summed E-state index contributed by atoms with van der Waals surface area (Å²) < 4.78 is 1.36. The molecule has 7 aromatic rings. The molecule has 0 N–H and O–H groups in total. The molecule has 0 bridgehead atoms. The summed E-state index contributed by atoms with van der Waals surface area (Å²) in [5, 5.41) is 1.37. The first-order valence-electron chi connectivity index (χ1n) is 18.1. The van der Waals surface area contributed by atoms with Gasteiger partial charge < -0.3 is 9.80 Å². The number of hydrogen-bond acceptors (Lipinski definition) is 3. The Morgan fingerprint density at radius 1 is 0.569 bits per heavy atom. The molecule has 0 atom stereocenters. The van der Waals surface area contributed by atoms with Crippen molar-refractivity contribution in [2.75, 3.05) is 9.80 Å². The van der Waals surface area contributed by atoms with Crippen LogP contribution in [0.25, 0.3) is 20.5 Å². The summed E-state index contributed by atoms with van der Waals surface area (Å²) >= 11 is 1.95. The molecule has 0 saturated carbocycles. The SMILES string of the molecule is Cc1cc2c3c(c1)N(c1ccccc1)c1ccc(N(c4ccc(C(C)(C)C)cc4)c4ccc(C(C)(C)C)cc4)cc1B3c1c-2sc2ccccc12. The minimum Gasteiger partial charge on any atom is -0.311 e. The molecule has 0 aliphatic carbocycles. The molecule has 1 aromatic heterocycles. The number of rotatable bonds is 4. The quantitative estimate of drug-likeness (QED) is 0.171.